The number of imidazole rings is 1. The van der Waals surface area contributed by atoms with Crippen LogP contribution in [0.15, 0.2) is 24.3 Å². The van der Waals surface area contributed by atoms with Crippen molar-refractivity contribution in [1.29, 1.82) is 0 Å². The van der Waals surface area contributed by atoms with Gasteiger partial charge in [-0.2, -0.15) is 0 Å². The predicted octanol–water partition coefficient (Wildman–Crippen LogP) is 0.644. The molecule has 0 bridgehead atoms. The van der Waals surface area contributed by atoms with E-state index in [0.29, 0.717) is 0 Å². The largest absolute Gasteiger partial charge is 0.340 e. The number of rotatable bonds is 3. The summed E-state index contributed by atoms with van der Waals surface area (Å²) in [5.41, 5.74) is 7.73. The van der Waals surface area contributed by atoms with Crippen LogP contribution in [0.1, 0.15) is 0 Å². The van der Waals surface area contributed by atoms with E-state index in [2.05, 4.69) is 25.8 Å². The summed E-state index contributed by atoms with van der Waals surface area (Å²) in [5.74, 6) is 0.989. The standard InChI is InChI=1S/C13H19N5/c14-5-6-17-7-9-18(10-8-17)13-15-11-3-1-2-4-12(11)16-13/h1-4H,5-10,14H2,(H,15,16). The Labute approximate surface area is 107 Å². The maximum absolute atomic E-state index is 5.58. The van der Waals surface area contributed by atoms with Gasteiger partial charge in [0.05, 0.1) is 11.0 Å². The van der Waals surface area contributed by atoms with Crippen LogP contribution in [0.25, 0.3) is 11.0 Å². The van der Waals surface area contributed by atoms with Crippen molar-refractivity contribution in [2.24, 2.45) is 5.73 Å². The van der Waals surface area contributed by atoms with Crippen molar-refractivity contribution in [3.05, 3.63) is 24.3 Å². The van der Waals surface area contributed by atoms with Gasteiger partial charge in [-0.25, -0.2) is 4.98 Å². The van der Waals surface area contributed by atoms with Crippen molar-refractivity contribution in [3.63, 3.8) is 0 Å². The quantitative estimate of drug-likeness (QED) is 0.833. The first-order chi connectivity index (χ1) is 8.86. The van der Waals surface area contributed by atoms with Gasteiger partial charge >= 0.3 is 0 Å². The van der Waals surface area contributed by atoms with E-state index in [1.165, 1.54) is 0 Å². The van der Waals surface area contributed by atoms with Crippen LogP contribution in [0.5, 0.6) is 0 Å². The van der Waals surface area contributed by atoms with Crippen molar-refractivity contribution in [3.8, 4) is 0 Å². The van der Waals surface area contributed by atoms with E-state index < -0.39 is 0 Å². The number of piperazine rings is 1. The fourth-order valence-electron chi connectivity index (χ4n) is 2.45. The normalized spacial score (nSPS) is 17.5. The number of para-hydroxylation sites is 2. The lowest BCUT2D eigenvalue weighted by Crippen LogP contribution is -2.48. The highest BCUT2D eigenvalue weighted by atomic mass is 15.3. The minimum atomic E-state index is 0.741. The number of nitrogens with one attached hydrogen (secondary N) is 1. The molecular formula is C13H19N5. The van der Waals surface area contributed by atoms with Gasteiger partial charge in [0.25, 0.3) is 0 Å². The molecule has 0 saturated carbocycles. The summed E-state index contributed by atoms with van der Waals surface area (Å²) < 4.78 is 0. The predicted molar refractivity (Wildman–Crippen MR) is 73.8 cm³/mol. The van der Waals surface area contributed by atoms with E-state index >= 15 is 0 Å². The summed E-state index contributed by atoms with van der Waals surface area (Å²) in [6.07, 6.45) is 0. The van der Waals surface area contributed by atoms with Crippen LogP contribution in [0.4, 0.5) is 5.95 Å². The second-order valence-corrected chi connectivity index (χ2v) is 4.69. The topological polar surface area (TPSA) is 61.2 Å². The van der Waals surface area contributed by atoms with Gasteiger partial charge in [-0.1, -0.05) is 12.1 Å². The molecule has 1 aromatic carbocycles. The van der Waals surface area contributed by atoms with Gasteiger partial charge in [-0.05, 0) is 12.1 Å². The molecule has 1 fully saturated rings. The minimum absolute atomic E-state index is 0.741. The average molecular weight is 245 g/mol. The third-order valence-electron chi connectivity index (χ3n) is 3.49. The lowest BCUT2D eigenvalue weighted by atomic mass is 10.3. The van der Waals surface area contributed by atoms with Crippen LogP contribution < -0.4 is 10.6 Å². The molecule has 1 aliphatic heterocycles. The number of nitrogens with zero attached hydrogens (tertiary/aromatic N) is 3. The molecule has 3 rings (SSSR count). The zero-order chi connectivity index (χ0) is 12.4. The highest BCUT2D eigenvalue weighted by molar-refractivity contribution is 5.77. The van der Waals surface area contributed by atoms with Gasteiger partial charge < -0.3 is 15.6 Å². The van der Waals surface area contributed by atoms with Crippen LogP contribution in [0.2, 0.25) is 0 Å². The fraction of sp³-hybridized carbons (Fsp3) is 0.462. The highest BCUT2D eigenvalue weighted by Crippen LogP contribution is 2.18. The molecule has 0 aliphatic carbocycles. The van der Waals surface area contributed by atoms with Crippen LogP contribution >= 0.6 is 0 Å². The fourth-order valence-corrected chi connectivity index (χ4v) is 2.45. The second kappa shape index (κ2) is 4.96. The molecule has 1 aliphatic rings. The second-order valence-electron chi connectivity index (χ2n) is 4.69. The molecule has 96 valence electrons. The number of benzene rings is 1. The number of aromatic nitrogens is 2. The summed E-state index contributed by atoms with van der Waals surface area (Å²) in [7, 11) is 0. The summed E-state index contributed by atoms with van der Waals surface area (Å²) in [4.78, 5) is 12.7. The average Bonchev–Trinajstić information content (AvgIpc) is 2.84. The third kappa shape index (κ3) is 2.19. The lowest BCUT2D eigenvalue weighted by Gasteiger charge is -2.34. The van der Waals surface area contributed by atoms with Crippen LogP contribution in [-0.4, -0.2) is 54.1 Å². The molecule has 0 atom stereocenters. The highest BCUT2D eigenvalue weighted by Gasteiger charge is 2.18. The van der Waals surface area contributed by atoms with E-state index in [1.54, 1.807) is 0 Å². The molecule has 0 unspecified atom stereocenters. The van der Waals surface area contributed by atoms with Gasteiger partial charge in [0.15, 0.2) is 0 Å². The summed E-state index contributed by atoms with van der Waals surface area (Å²) in [5, 5.41) is 0. The Balaban J connectivity index is 1.72. The van der Waals surface area contributed by atoms with Crippen molar-refractivity contribution in [2.75, 3.05) is 44.2 Å². The summed E-state index contributed by atoms with van der Waals surface area (Å²) >= 11 is 0. The molecule has 3 N–H and O–H groups in total. The molecule has 0 spiro atoms. The maximum atomic E-state index is 5.58. The molecule has 0 radical (unpaired) electrons. The SMILES string of the molecule is NCCN1CCN(c2nc3ccccc3[nH]2)CC1. The lowest BCUT2D eigenvalue weighted by molar-refractivity contribution is 0.264. The van der Waals surface area contributed by atoms with Gasteiger partial charge in [0.1, 0.15) is 0 Å². The number of nitrogens with two attached hydrogens (primary N) is 1. The van der Waals surface area contributed by atoms with E-state index in [0.717, 1.165) is 56.3 Å². The van der Waals surface area contributed by atoms with Crippen LogP contribution in [-0.2, 0) is 0 Å². The summed E-state index contributed by atoms with van der Waals surface area (Å²) in [6.45, 7) is 5.89. The Hall–Kier alpha value is -1.59. The first kappa shape index (κ1) is 11.5. The van der Waals surface area contributed by atoms with E-state index in [1.807, 2.05) is 18.2 Å². The Morgan fingerprint density at radius 1 is 1.17 bits per heavy atom. The van der Waals surface area contributed by atoms with Gasteiger partial charge in [-0.15, -0.1) is 0 Å². The number of hydrogen-bond donors (Lipinski definition) is 2. The molecule has 5 heteroatoms. The Morgan fingerprint density at radius 3 is 2.67 bits per heavy atom. The van der Waals surface area contributed by atoms with Crippen LogP contribution in [0, 0.1) is 0 Å². The number of aromatic amines is 1. The molecule has 1 saturated heterocycles. The Kier molecular flexibility index (Phi) is 3.17. The Morgan fingerprint density at radius 2 is 1.94 bits per heavy atom. The van der Waals surface area contributed by atoms with Gasteiger partial charge in [-0.3, -0.25) is 4.90 Å². The van der Waals surface area contributed by atoms with Crippen molar-refractivity contribution in [2.45, 2.75) is 0 Å². The zero-order valence-electron chi connectivity index (χ0n) is 10.5. The third-order valence-corrected chi connectivity index (χ3v) is 3.49. The molecule has 5 nitrogen and oxygen atoms in total. The first-order valence-corrected chi connectivity index (χ1v) is 6.49. The molecule has 1 aromatic heterocycles. The summed E-state index contributed by atoms with van der Waals surface area (Å²) in [6, 6.07) is 8.16. The molecule has 2 aromatic rings. The molecule has 2 heterocycles. The number of H-pyrrole nitrogens is 1. The Bertz CT molecular complexity index is 480. The monoisotopic (exact) mass is 245 g/mol. The van der Waals surface area contributed by atoms with Gasteiger partial charge in [0.2, 0.25) is 5.95 Å². The van der Waals surface area contributed by atoms with Crippen molar-refractivity contribution in [1.82, 2.24) is 14.9 Å². The smallest absolute Gasteiger partial charge is 0.203 e. The maximum Gasteiger partial charge on any atom is 0.203 e. The van der Waals surface area contributed by atoms with E-state index in [-0.39, 0.29) is 0 Å². The molecular weight excluding hydrogens is 226 g/mol. The van der Waals surface area contributed by atoms with Crippen molar-refractivity contribution >= 4 is 17.0 Å². The number of fused-ring (bicyclic) bond motifs is 1. The van der Waals surface area contributed by atoms with E-state index in [4.69, 9.17) is 5.73 Å². The first-order valence-electron chi connectivity index (χ1n) is 6.49. The van der Waals surface area contributed by atoms with Crippen LogP contribution in [0.3, 0.4) is 0 Å². The van der Waals surface area contributed by atoms with Crippen molar-refractivity contribution < 1.29 is 0 Å². The zero-order valence-corrected chi connectivity index (χ0v) is 10.5. The number of hydrogen-bond acceptors (Lipinski definition) is 4. The van der Waals surface area contributed by atoms with E-state index in [9.17, 15) is 0 Å². The van der Waals surface area contributed by atoms with Gasteiger partial charge in [0, 0.05) is 39.3 Å². The molecule has 0 amide bonds. The number of anilines is 1. The minimum Gasteiger partial charge on any atom is -0.340 e. The molecule has 18 heavy (non-hydrogen) atoms.